The number of ketones is 1. The molecule has 0 unspecified atom stereocenters. The lowest BCUT2D eigenvalue weighted by Gasteiger charge is -2.27. The molecule has 0 aromatic heterocycles. The topological polar surface area (TPSA) is 132 Å². The number of aryl methyl sites for hydroxylation is 2. The Labute approximate surface area is 206 Å². The normalized spacial score (nSPS) is 13.7. The second kappa shape index (κ2) is 13.0. The minimum atomic E-state index is -1.55. The Morgan fingerprint density at radius 2 is 1.40 bits per heavy atom. The molecule has 2 aliphatic rings. The van der Waals surface area contributed by atoms with Crippen LogP contribution < -0.4 is 10.2 Å². The van der Waals surface area contributed by atoms with Crippen LogP contribution in [-0.4, -0.2) is 40.7 Å². The number of carboxylic acid groups (broad SMARTS) is 2. The Balaban J connectivity index is 0.000000418. The zero-order valence-corrected chi connectivity index (χ0v) is 20.3. The predicted molar refractivity (Wildman–Crippen MR) is 130 cm³/mol. The first-order valence-corrected chi connectivity index (χ1v) is 11.8. The highest BCUT2D eigenvalue weighted by Gasteiger charge is 2.28. The maximum atomic E-state index is 13.4. The van der Waals surface area contributed by atoms with E-state index < -0.39 is 11.9 Å². The van der Waals surface area contributed by atoms with Gasteiger partial charge in [0.05, 0.1) is 18.5 Å². The second-order valence-corrected chi connectivity index (χ2v) is 9.11. The highest BCUT2D eigenvalue weighted by Crippen LogP contribution is 2.35. The molecular weight excluding hydrogens is 446 g/mol. The molecular formula is C28H33NO6-2. The number of aliphatic carboxylic acids is 2. The number of carboxylic acids is 2. The molecule has 2 N–H and O–H groups in total. The summed E-state index contributed by atoms with van der Waals surface area (Å²) in [5.41, 5.74) is 8.03. The molecule has 0 amide bonds. The average molecular weight is 480 g/mol. The van der Waals surface area contributed by atoms with Crippen molar-refractivity contribution in [1.82, 2.24) is 4.90 Å². The Bertz CT molecular complexity index is 1030. The molecule has 2 aromatic carbocycles. The zero-order chi connectivity index (χ0) is 24.7. The van der Waals surface area contributed by atoms with Crippen LogP contribution in [0.2, 0.25) is 0 Å². The van der Waals surface area contributed by atoms with Gasteiger partial charge in [-0.25, -0.2) is 0 Å². The van der Waals surface area contributed by atoms with Crippen LogP contribution in [0.1, 0.15) is 64.9 Å². The van der Waals surface area contributed by atoms with Crippen LogP contribution in [0.25, 0.3) is 0 Å². The molecule has 4 rings (SSSR count). The van der Waals surface area contributed by atoms with Crippen molar-refractivity contribution >= 4 is 17.7 Å². The summed E-state index contributed by atoms with van der Waals surface area (Å²) in [4.78, 5) is 34.6. The first-order chi connectivity index (χ1) is 16.3. The fraction of sp³-hybridized carbons (Fsp3) is 0.393. The van der Waals surface area contributed by atoms with Gasteiger partial charge in [-0.2, -0.15) is 0 Å². The van der Waals surface area contributed by atoms with Crippen molar-refractivity contribution in [2.45, 2.75) is 65.0 Å². The third kappa shape index (κ3) is 7.60. The van der Waals surface area contributed by atoms with Gasteiger partial charge in [0.2, 0.25) is 0 Å². The van der Waals surface area contributed by atoms with Gasteiger partial charge < -0.3 is 25.3 Å². The van der Waals surface area contributed by atoms with Crippen molar-refractivity contribution in [3.05, 3.63) is 81.9 Å². The number of benzene rings is 2. The molecule has 7 nitrogen and oxygen atoms in total. The molecule has 0 fully saturated rings. The van der Waals surface area contributed by atoms with Crippen molar-refractivity contribution in [2.75, 3.05) is 6.54 Å². The van der Waals surface area contributed by atoms with Gasteiger partial charge in [0.1, 0.15) is 0 Å². The van der Waals surface area contributed by atoms with E-state index in [-0.39, 0.29) is 5.48 Å². The first-order valence-electron chi connectivity index (χ1n) is 11.8. The van der Waals surface area contributed by atoms with E-state index in [9.17, 15) is 24.6 Å². The standard InChI is InChI=1S/C24H29NO.C4H4O4.H2O/c1-17(2)25(15-18-8-4-3-5-9-18)16-23(26)24-21-12-6-10-19(21)14-20-11-7-13-22(20)24;5-3(6)1-2-4(7)8;/h3-5,8-9,14,17H,6-7,10-13,15-16H2,1-2H3;1-2H,(H,5,6)(H,7,8);1H2/p-2/b;2-1-;. The van der Waals surface area contributed by atoms with Crippen LogP contribution in [0.5, 0.6) is 0 Å². The van der Waals surface area contributed by atoms with E-state index in [1.165, 1.54) is 40.7 Å². The monoisotopic (exact) mass is 479 g/mol. The molecule has 0 atom stereocenters. The maximum absolute atomic E-state index is 13.4. The van der Waals surface area contributed by atoms with Crippen LogP contribution in [0, 0.1) is 0 Å². The fourth-order valence-electron chi connectivity index (χ4n) is 4.79. The number of carbonyl (C=O) groups is 3. The third-order valence-corrected chi connectivity index (χ3v) is 6.41. The lowest BCUT2D eigenvalue weighted by atomic mass is 9.91. The molecule has 0 saturated carbocycles. The summed E-state index contributed by atoms with van der Waals surface area (Å²) in [7, 11) is 0. The van der Waals surface area contributed by atoms with Gasteiger partial charge >= 0.3 is 0 Å². The minimum absolute atomic E-state index is 0. The van der Waals surface area contributed by atoms with E-state index >= 15 is 0 Å². The number of fused-ring (bicyclic) bond motifs is 2. The number of carbonyl (C=O) groups excluding carboxylic acids is 3. The van der Waals surface area contributed by atoms with E-state index in [0.29, 0.717) is 30.5 Å². The Hall–Kier alpha value is -3.29. The summed E-state index contributed by atoms with van der Waals surface area (Å²) < 4.78 is 0. The van der Waals surface area contributed by atoms with Crippen molar-refractivity contribution < 1.29 is 30.1 Å². The summed E-state index contributed by atoms with van der Waals surface area (Å²) in [6.07, 6.45) is 7.66. The van der Waals surface area contributed by atoms with E-state index in [2.05, 4.69) is 49.1 Å². The Kier molecular flexibility index (Phi) is 10.4. The molecule has 2 aliphatic carbocycles. The molecule has 0 heterocycles. The molecule has 0 spiro atoms. The highest BCUT2D eigenvalue weighted by molar-refractivity contribution is 6.01. The van der Waals surface area contributed by atoms with Crippen LogP contribution in [0.3, 0.4) is 0 Å². The fourth-order valence-corrected chi connectivity index (χ4v) is 4.79. The van der Waals surface area contributed by atoms with Crippen LogP contribution in [0.15, 0.2) is 48.6 Å². The van der Waals surface area contributed by atoms with Crippen molar-refractivity contribution in [2.24, 2.45) is 0 Å². The van der Waals surface area contributed by atoms with Crippen molar-refractivity contribution in [3.63, 3.8) is 0 Å². The summed E-state index contributed by atoms with van der Waals surface area (Å²) >= 11 is 0. The van der Waals surface area contributed by atoms with Crippen LogP contribution >= 0.6 is 0 Å². The van der Waals surface area contributed by atoms with Gasteiger partial charge in [-0.1, -0.05) is 36.4 Å². The molecule has 188 valence electrons. The Morgan fingerprint density at radius 1 is 0.886 bits per heavy atom. The van der Waals surface area contributed by atoms with Gasteiger partial charge in [-0.05, 0) is 92.3 Å². The lowest BCUT2D eigenvalue weighted by molar-refractivity contribution is -0.301. The number of hydrogen-bond acceptors (Lipinski definition) is 6. The van der Waals surface area contributed by atoms with Crippen LogP contribution in [0.4, 0.5) is 0 Å². The van der Waals surface area contributed by atoms with Gasteiger partial charge in [-0.15, -0.1) is 0 Å². The summed E-state index contributed by atoms with van der Waals surface area (Å²) in [5.74, 6) is -2.75. The summed E-state index contributed by atoms with van der Waals surface area (Å²) in [6.45, 7) is 5.74. The molecule has 0 bridgehead atoms. The minimum Gasteiger partial charge on any atom is -0.545 e. The molecule has 0 radical (unpaired) electrons. The van der Waals surface area contributed by atoms with Gasteiger partial charge in [0, 0.05) is 18.2 Å². The van der Waals surface area contributed by atoms with Crippen molar-refractivity contribution in [3.8, 4) is 0 Å². The largest absolute Gasteiger partial charge is 0.545 e. The quantitative estimate of drug-likeness (QED) is 0.409. The SMILES string of the molecule is CC(C)N(CC(=O)c1c2c(cc3c1CCC3)CCC2)Cc1ccccc1.O.O=C([O-])/C=C\C(=O)[O-]. The number of nitrogens with zero attached hydrogens (tertiary/aromatic N) is 1. The predicted octanol–water partition coefficient (Wildman–Crippen LogP) is 0.975. The van der Waals surface area contributed by atoms with Gasteiger partial charge in [0.15, 0.2) is 5.78 Å². The number of Topliss-reactive ketones (excluding diaryl/α,β-unsaturated/α-hetero) is 1. The lowest BCUT2D eigenvalue weighted by Crippen LogP contribution is -2.35. The smallest absolute Gasteiger partial charge is 0.177 e. The third-order valence-electron chi connectivity index (χ3n) is 6.41. The summed E-state index contributed by atoms with van der Waals surface area (Å²) in [6, 6.07) is 13.3. The van der Waals surface area contributed by atoms with Crippen molar-refractivity contribution in [1.29, 1.82) is 0 Å². The van der Waals surface area contributed by atoms with Gasteiger partial charge in [0.25, 0.3) is 0 Å². The Morgan fingerprint density at radius 3 is 1.86 bits per heavy atom. The molecule has 0 saturated heterocycles. The zero-order valence-electron chi connectivity index (χ0n) is 20.3. The van der Waals surface area contributed by atoms with E-state index in [4.69, 9.17) is 0 Å². The highest BCUT2D eigenvalue weighted by atomic mass is 16.4. The molecule has 7 heteroatoms. The van der Waals surface area contributed by atoms with Gasteiger partial charge in [-0.3, -0.25) is 9.69 Å². The summed E-state index contributed by atoms with van der Waals surface area (Å²) in [5, 5.41) is 18.8. The van der Waals surface area contributed by atoms with E-state index in [1.807, 2.05) is 6.07 Å². The second-order valence-electron chi connectivity index (χ2n) is 9.11. The molecule has 0 aliphatic heterocycles. The first kappa shape index (κ1) is 28.0. The number of rotatable bonds is 8. The van der Waals surface area contributed by atoms with E-state index in [1.54, 1.807) is 0 Å². The van der Waals surface area contributed by atoms with Crippen LogP contribution in [-0.2, 0) is 41.8 Å². The average Bonchev–Trinajstić information content (AvgIpc) is 3.45. The molecule has 35 heavy (non-hydrogen) atoms. The number of hydrogen-bond donors (Lipinski definition) is 0. The molecule has 2 aromatic rings. The van der Waals surface area contributed by atoms with E-state index in [0.717, 1.165) is 37.8 Å². The maximum Gasteiger partial charge on any atom is 0.177 e.